The van der Waals surface area contributed by atoms with Crippen LogP contribution in [0, 0.1) is 13.8 Å². The van der Waals surface area contributed by atoms with Crippen molar-refractivity contribution in [1.82, 2.24) is 14.9 Å². The van der Waals surface area contributed by atoms with E-state index in [0.717, 1.165) is 47.9 Å². The van der Waals surface area contributed by atoms with Gasteiger partial charge in [-0.15, -0.1) is 11.3 Å². The number of nitrogens with zero attached hydrogens (tertiary/aromatic N) is 2. The highest BCUT2D eigenvalue weighted by atomic mass is 32.1. The number of hydrogen-bond acceptors (Lipinski definition) is 3. The van der Waals surface area contributed by atoms with Crippen molar-refractivity contribution in [3.05, 3.63) is 39.6 Å². The van der Waals surface area contributed by atoms with Gasteiger partial charge in [0.15, 0.2) is 0 Å². The van der Waals surface area contributed by atoms with Crippen molar-refractivity contribution in [3.8, 4) is 0 Å². The molecule has 1 unspecified atom stereocenters. The third-order valence-corrected chi connectivity index (χ3v) is 4.80. The van der Waals surface area contributed by atoms with Crippen LogP contribution in [0.25, 0.3) is 0 Å². The third-order valence-electron chi connectivity index (χ3n) is 3.76. The van der Waals surface area contributed by atoms with Crippen molar-refractivity contribution in [3.63, 3.8) is 0 Å². The summed E-state index contributed by atoms with van der Waals surface area (Å²) in [5.41, 5.74) is 2.24. The standard InChI is InChI=1S/C15H19N3OS/c1-10-6-13(20-9-10)15(19)18-5-3-4-12(8-18)14-16-7-11(2)17-14/h6-7,9,12H,3-5,8H2,1-2H3,(H,16,17). The number of thiophene rings is 1. The Bertz CT molecular complexity index is 616. The number of carbonyl (C=O) groups is 1. The molecule has 0 aromatic carbocycles. The first-order valence-electron chi connectivity index (χ1n) is 6.99. The molecule has 1 aliphatic rings. The van der Waals surface area contributed by atoms with E-state index in [9.17, 15) is 4.79 Å². The van der Waals surface area contributed by atoms with Crippen molar-refractivity contribution in [2.75, 3.05) is 13.1 Å². The fourth-order valence-corrected chi connectivity index (χ4v) is 3.59. The number of aromatic amines is 1. The van der Waals surface area contributed by atoms with Crippen LogP contribution in [0.3, 0.4) is 0 Å². The van der Waals surface area contributed by atoms with Gasteiger partial charge in [-0.1, -0.05) is 0 Å². The summed E-state index contributed by atoms with van der Waals surface area (Å²) in [6.07, 6.45) is 4.00. The maximum Gasteiger partial charge on any atom is 0.263 e. The summed E-state index contributed by atoms with van der Waals surface area (Å²) in [7, 11) is 0. The molecule has 0 spiro atoms. The van der Waals surface area contributed by atoms with E-state index >= 15 is 0 Å². The lowest BCUT2D eigenvalue weighted by Crippen LogP contribution is -2.39. The van der Waals surface area contributed by atoms with Gasteiger partial charge in [0.05, 0.1) is 4.88 Å². The Labute approximate surface area is 122 Å². The number of amides is 1. The van der Waals surface area contributed by atoms with Gasteiger partial charge in [0.2, 0.25) is 0 Å². The molecule has 2 aromatic rings. The van der Waals surface area contributed by atoms with E-state index in [0.29, 0.717) is 5.92 Å². The summed E-state index contributed by atoms with van der Waals surface area (Å²) in [5.74, 6) is 1.51. The fourth-order valence-electron chi connectivity index (χ4n) is 2.72. The van der Waals surface area contributed by atoms with Crippen molar-refractivity contribution in [1.29, 1.82) is 0 Å². The Morgan fingerprint density at radius 1 is 1.50 bits per heavy atom. The second-order valence-corrected chi connectivity index (χ2v) is 6.44. The number of nitrogens with one attached hydrogen (secondary N) is 1. The summed E-state index contributed by atoms with van der Waals surface area (Å²) in [4.78, 5) is 23.0. The zero-order valence-electron chi connectivity index (χ0n) is 11.8. The van der Waals surface area contributed by atoms with Gasteiger partial charge >= 0.3 is 0 Å². The second-order valence-electron chi connectivity index (χ2n) is 5.53. The molecule has 2 aromatic heterocycles. The molecule has 0 radical (unpaired) electrons. The molecule has 1 aliphatic heterocycles. The molecule has 3 rings (SSSR count). The number of piperidine rings is 1. The average molecular weight is 289 g/mol. The average Bonchev–Trinajstić information content (AvgIpc) is 3.07. The molecule has 5 heteroatoms. The van der Waals surface area contributed by atoms with Gasteiger partial charge < -0.3 is 9.88 Å². The molecule has 4 nitrogen and oxygen atoms in total. The summed E-state index contributed by atoms with van der Waals surface area (Å²) >= 11 is 1.54. The van der Waals surface area contributed by atoms with Crippen LogP contribution < -0.4 is 0 Å². The number of carbonyl (C=O) groups excluding carboxylic acids is 1. The smallest absolute Gasteiger partial charge is 0.263 e. The van der Waals surface area contributed by atoms with Crippen LogP contribution in [-0.4, -0.2) is 33.9 Å². The number of aromatic nitrogens is 2. The highest BCUT2D eigenvalue weighted by Crippen LogP contribution is 2.27. The Morgan fingerprint density at radius 2 is 2.35 bits per heavy atom. The number of aryl methyl sites for hydroxylation is 2. The van der Waals surface area contributed by atoms with Gasteiger partial charge in [-0.3, -0.25) is 4.79 Å². The highest BCUT2D eigenvalue weighted by Gasteiger charge is 2.27. The molecule has 1 N–H and O–H groups in total. The molecular formula is C15H19N3OS. The minimum atomic E-state index is 0.163. The topological polar surface area (TPSA) is 49.0 Å². The molecule has 1 amide bonds. The highest BCUT2D eigenvalue weighted by molar-refractivity contribution is 7.12. The van der Waals surface area contributed by atoms with Gasteiger partial charge in [0.1, 0.15) is 5.82 Å². The molecule has 3 heterocycles. The van der Waals surface area contributed by atoms with Crippen molar-refractivity contribution >= 4 is 17.2 Å². The monoisotopic (exact) mass is 289 g/mol. The number of rotatable bonds is 2. The van der Waals surface area contributed by atoms with E-state index in [2.05, 4.69) is 9.97 Å². The van der Waals surface area contributed by atoms with Crippen LogP contribution in [-0.2, 0) is 0 Å². The molecule has 1 saturated heterocycles. The summed E-state index contributed by atoms with van der Waals surface area (Å²) in [6.45, 7) is 5.66. The van der Waals surface area contributed by atoms with Crippen LogP contribution in [0.1, 0.15) is 45.5 Å². The van der Waals surface area contributed by atoms with Crippen LogP contribution >= 0.6 is 11.3 Å². The van der Waals surface area contributed by atoms with Gasteiger partial charge in [0.25, 0.3) is 5.91 Å². The van der Waals surface area contributed by atoms with Crippen molar-refractivity contribution in [2.24, 2.45) is 0 Å². The first-order valence-corrected chi connectivity index (χ1v) is 7.87. The van der Waals surface area contributed by atoms with Crippen molar-refractivity contribution < 1.29 is 4.79 Å². The lowest BCUT2D eigenvalue weighted by atomic mass is 9.97. The first-order chi connectivity index (χ1) is 9.63. The minimum absolute atomic E-state index is 0.163. The summed E-state index contributed by atoms with van der Waals surface area (Å²) in [5, 5.41) is 2.03. The number of H-pyrrole nitrogens is 1. The van der Waals surface area contributed by atoms with Gasteiger partial charge in [-0.2, -0.15) is 0 Å². The van der Waals surface area contributed by atoms with Crippen molar-refractivity contribution in [2.45, 2.75) is 32.6 Å². The molecule has 1 atom stereocenters. The van der Waals surface area contributed by atoms with E-state index in [1.807, 2.05) is 36.4 Å². The third kappa shape index (κ3) is 2.63. The fraction of sp³-hybridized carbons (Fsp3) is 0.467. The molecule has 1 fully saturated rings. The number of imidazole rings is 1. The Hall–Kier alpha value is -1.62. The minimum Gasteiger partial charge on any atom is -0.346 e. The van der Waals surface area contributed by atoms with E-state index in [1.54, 1.807) is 0 Å². The quantitative estimate of drug-likeness (QED) is 0.923. The number of likely N-dealkylation sites (tertiary alicyclic amines) is 1. The molecule has 20 heavy (non-hydrogen) atoms. The summed E-state index contributed by atoms with van der Waals surface area (Å²) in [6, 6.07) is 1.98. The molecule has 106 valence electrons. The van der Waals surface area contributed by atoms with E-state index in [1.165, 1.54) is 11.3 Å². The SMILES string of the molecule is Cc1csc(C(=O)N2CCCC(c3ncc(C)[nH]3)C2)c1. The van der Waals surface area contributed by atoms with E-state index in [4.69, 9.17) is 0 Å². The largest absolute Gasteiger partial charge is 0.346 e. The maximum absolute atomic E-state index is 12.5. The zero-order chi connectivity index (χ0) is 14.1. The van der Waals surface area contributed by atoms with Crippen LogP contribution in [0.5, 0.6) is 0 Å². The van der Waals surface area contributed by atoms with Gasteiger partial charge in [0, 0.05) is 30.9 Å². The summed E-state index contributed by atoms with van der Waals surface area (Å²) < 4.78 is 0. The van der Waals surface area contributed by atoms with E-state index < -0.39 is 0 Å². The first kappa shape index (κ1) is 13.4. The van der Waals surface area contributed by atoms with Crippen LogP contribution in [0.4, 0.5) is 0 Å². The van der Waals surface area contributed by atoms with Gasteiger partial charge in [-0.25, -0.2) is 4.98 Å². The second kappa shape index (κ2) is 5.40. The van der Waals surface area contributed by atoms with E-state index in [-0.39, 0.29) is 5.91 Å². The predicted octanol–water partition coefficient (Wildman–Crippen LogP) is 3.11. The maximum atomic E-state index is 12.5. The molecule has 0 bridgehead atoms. The Morgan fingerprint density at radius 3 is 3.00 bits per heavy atom. The van der Waals surface area contributed by atoms with Crippen LogP contribution in [0.2, 0.25) is 0 Å². The Kier molecular flexibility index (Phi) is 3.61. The van der Waals surface area contributed by atoms with Crippen LogP contribution in [0.15, 0.2) is 17.6 Å². The molecular weight excluding hydrogens is 270 g/mol. The molecule has 0 saturated carbocycles. The lowest BCUT2D eigenvalue weighted by Gasteiger charge is -2.31. The van der Waals surface area contributed by atoms with Gasteiger partial charge in [-0.05, 0) is 43.7 Å². The molecule has 0 aliphatic carbocycles. The number of hydrogen-bond donors (Lipinski definition) is 1. The lowest BCUT2D eigenvalue weighted by molar-refractivity contribution is 0.0709. The zero-order valence-corrected chi connectivity index (χ0v) is 12.7. The predicted molar refractivity (Wildman–Crippen MR) is 80.3 cm³/mol. The normalized spacial score (nSPS) is 19.3. The Balaban J connectivity index is 1.73.